The summed E-state index contributed by atoms with van der Waals surface area (Å²) in [6.07, 6.45) is 7.92. The molecule has 0 bridgehead atoms. The van der Waals surface area contributed by atoms with Crippen molar-refractivity contribution in [2.45, 2.75) is 38.5 Å². The second kappa shape index (κ2) is 8.06. The summed E-state index contributed by atoms with van der Waals surface area (Å²) < 4.78 is 5.80. The smallest absolute Gasteiger partial charge is 0.0468 e. The molecule has 2 rings (SSSR count). The normalized spacial score (nSPS) is 24.0. The highest BCUT2D eigenvalue weighted by Crippen LogP contribution is 2.17. The molecule has 0 unspecified atom stereocenters. The molecule has 0 aromatic heterocycles. The molecule has 0 spiro atoms. The first-order chi connectivity index (χ1) is 8.45. The summed E-state index contributed by atoms with van der Waals surface area (Å²) in [7, 11) is 0. The Balaban J connectivity index is 1.42. The van der Waals surface area contributed by atoms with Gasteiger partial charge in [0, 0.05) is 13.2 Å². The molecule has 2 heterocycles. The van der Waals surface area contributed by atoms with Gasteiger partial charge in [0.2, 0.25) is 0 Å². The molecular formula is C14H28N2O. The van der Waals surface area contributed by atoms with Crippen LogP contribution < -0.4 is 10.6 Å². The Hall–Kier alpha value is -0.120. The Kier molecular flexibility index (Phi) is 6.32. The van der Waals surface area contributed by atoms with Crippen LogP contribution in [-0.4, -0.2) is 39.4 Å². The van der Waals surface area contributed by atoms with E-state index in [0.717, 1.165) is 25.0 Å². The predicted molar refractivity (Wildman–Crippen MR) is 71.2 cm³/mol. The van der Waals surface area contributed by atoms with Crippen LogP contribution in [0.15, 0.2) is 0 Å². The van der Waals surface area contributed by atoms with Gasteiger partial charge in [0.15, 0.2) is 0 Å². The van der Waals surface area contributed by atoms with Crippen molar-refractivity contribution in [2.24, 2.45) is 11.8 Å². The Bertz CT molecular complexity index is 167. The third kappa shape index (κ3) is 5.36. The third-order valence-corrected chi connectivity index (χ3v) is 4.26. The van der Waals surface area contributed by atoms with Gasteiger partial charge in [-0.15, -0.1) is 0 Å². The molecule has 2 aliphatic heterocycles. The van der Waals surface area contributed by atoms with E-state index in [-0.39, 0.29) is 0 Å². The first-order valence-corrected chi connectivity index (χ1v) is 7.44. The predicted octanol–water partition coefficient (Wildman–Crippen LogP) is 1.78. The summed E-state index contributed by atoms with van der Waals surface area (Å²) in [5.41, 5.74) is 0. The van der Waals surface area contributed by atoms with E-state index in [4.69, 9.17) is 4.74 Å². The standard InChI is InChI=1S/C14H28N2O/c1-7-15-8-2-13(1)5-11-17-12-6-14-3-9-16-10-4-14/h13-16H,1-12H2. The lowest BCUT2D eigenvalue weighted by Crippen LogP contribution is -2.29. The minimum Gasteiger partial charge on any atom is -0.381 e. The first-order valence-electron chi connectivity index (χ1n) is 7.44. The van der Waals surface area contributed by atoms with Crippen LogP contribution in [0, 0.1) is 11.8 Å². The molecule has 0 saturated carbocycles. The lowest BCUT2D eigenvalue weighted by Gasteiger charge is -2.23. The number of ether oxygens (including phenoxy) is 1. The van der Waals surface area contributed by atoms with Gasteiger partial charge in [-0.25, -0.2) is 0 Å². The summed E-state index contributed by atoms with van der Waals surface area (Å²) in [6.45, 7) is 6.80. The Morgan fingerprint density at radius 1 is 0.706 bits per heavy atom. The van der Waals surface area contributed by atoms with Crippen molar-refractivity contribution in [3.8, 4) is 0 Å². The monoisotopic (exact) mass is 240 g/mol. The van der Waals surface area contributed by atoms with Gasteiger partial charge in [0.05, 0.1) is 0 Å². The van der Waals surface area contributed by atoms with E-state index in [1.807, 2.05) is 0 Å². The summed E-state index contributed by atoms with van der Waals surface area (Å²) >= 11 is 0. The van der Waals surface area contributed by atoms with Crippen LogP contribution in [0.2, 0.25) is 0 Å². The number of rotatable bonds is 6. The van der Waals surface area contributed by atoms with Gasteiger partial charge in [-0.3, -0.25) is 0 Å². The van der Waals surface area contributed by atoms with E-state index in [0.29, 0.717) is 0 Å². The largest absolute Gasteiger partial charge is 0.381 e. The van der Waals surface area contributed by atoms with Crippen molar-refractivity contribution >= 4 is 0 Å². The number of piperidine rings is 2. The van der Waals surface area contributed by atoms with E-state index in [2.05, 4.69) is 10.6 Å². The minimum absolute atomic E-state index is 0.912. The topological polar surface area (TPSA) is 33.3 Å². The molecule has 2 aliphatic rings. The van der Waals surface area contributed by atoms with E-state index in [1.54, 1.807) is 0 Å². The quantitative estimate of drug-likeness (QED) is 0.694. The molecule has 100 valence electrons. The van der Waals surface area contributed by atoms with Crippen LogP contribution in [0.1, 0.15) is 38.5 Å². The zero-order valence-corrected chi connectivity index (χ0v) is 11.0. The molecule has 3 nitrogen and oxygen atoms in total. The number of nitrogens with one attached hydrogen (secondary N) is 2. The van der Waals surface area contributed by atoms with Gasteiger partial charge < -0.3 is 15.4 Å². The average molecular weight is 240 g/mol. The third-order valence-electron chi connectivity index (χ3n) is 4.26. The molecule has 2 N–H and O–H groups in total. The highest BCUT2D eigenvalue weighted by Gasteiger charge is 2.14. The van der Waals surface area contributed by atoms with Gasteiger partial charge in [0.25, 0.3) is 0 Å². The number of hydrogen-bond acceptors (Lipinski definition) is 3. The van der Waals surface area contributed by atoms with Crippen LogP contribution in [0.3, 0.4) is 0 Å². The molecule has 2 saturated heterocycles. The second-order valence-electron chi connectivity index (χ2n) is 5.58. The minimum atomic E-state index is 0.912. The molecule has 0 radical (unpaired) electrons. The van der Waals surface area contributed by atoms with Gasteiger partial charge in [-0.05, 0) is 76.5 Å². The maximum atomic E-state index is 5.80. The van der Waals surface area contributed by atoms with Gasteiger partial charge in [-0.1, -0.05) is 0 Å². The van der Waals surface area contributed by atoms with Crippen molar-refractivity contribution in [3.63, 3.8) is 0 Å². The summed E-state index contributed by atoms with van der Waals surface area (Å²) in [5, 5.41) is 6.83. The van der Waals surface area contributed by atoms with Crippen molar-refractivity contribution < 1.29 is 4.74 Å². The van der Waals surface area contributed by atoms with Crippen LogP contribution in [0.4, 0.5) is 0 Å². The van der Waals surface area contributed by atoms with E-state index in [9.17, 15) is 0 Å². The van der Waals surface area contributed by atoms with E-state index in [1.165, 1.54) is 64.7 Å². The molecule has 0 aromatic rings. The van der Waals surface area contributed by atoms with Crippen LogP contribution in [0.5, 0.6) is 0 Å². The highest BCUT2D eigenvalue weighted by atomic mass is 16.5. The Labute approximate surface area is 106 Å². The summed E-state index contributed by atoms with van der Waals surface area (Å²) in [4.78, 5) is 0. The molecule has 3 heteroatoms. The maximum absolute atomic E-state index is 5.80. The van der Waals surface area contributed by atoms with Crippen LogP contribution in [-0.2, 0) is 4.74 Å². The fourth-order valence-corrected chi connectivity index (χ4v) is 2.94. The van der Waals surface area contributed by atoms with Gasteiger partial charge in [-0.2, -0.15) is 0 Å². The van der Waals surface area contributed by atoms with Crippen molar-refractivity contribution in [2.75, 3.05) is 39.4 Å². The van der Waals surface area contributed by atoms with Crippen molar-refractivity contribution in [1.29, 1.82) is 0 Å². The van der Waals surface area contributed by atoms with E-state index >= 15 is 0 Å². The first kappa shape index (κ1) is 13.3. The van der Waals surface area contributed by atoms with E-state index < -0.39 is 0 Å². The molecule has 0 atom stereocenters. The summed E-state index contributed by atoms with van der Waals surface area (Å²) in [6, 6.07) is 0. The Morgan fingerprint density at radius 2 is 1.12 bits per heavy atom. The molecule has 2 fully saturated rings. The highest BCUT2D eigenvalue weighted by molar-refractivity contribution is 4.69. The fourth-order valence-electron chi connectivity index (χ4n) is 2.94. The summed E-state index contributed by atoms with van der Waals surface area (Å²) in [5.74, 6) is 1.82. The molecule has 17 heavy (non-hydrogen) atoms. The zero-order chi connectivity index (χ0) is 11.8. The lowest BCUT2D eigenvalue weighted by atomic mass is 9.95. The number of hydrogen-bond donors (Lipinski definition) is 2. The fraction of sp³-hybridized carbons (Fsp3) is 1.00. The van der Waals surface area contributed by atoms with Crippen molar-refractivity contribution in [3.05, 3.63) is 0 Å². The maximum Gasteiger partial charge on any atom is 0.0468 e. The lowest BCUT2D eigenvalue weighted by molar-refractivity contribution is 0.0991. The average Bonchev–Trinajstić information content (AvgIpc) is 2.41. The Morgan fingerprint density at radius 3 is 1.53 bits per heavy atom. The molecule has 0 aromatic carbocycles. The van der Waals surface area contributed by atoms with Gasteiger partial charge in [0.1, 0.15) is 0 Å². The van der Waals surface area contributed by atoms with Crippen molar-refractivity contribution in [1.82, 2.24) is 10.6 Å². The zero-order valence-electron chi connectivity index (χ0n) is 11.0. The molecular weight excluding hydrogens is 212 g/mol. The second-order valence-corrected chi connectivity index (χ2v) is 5.58. The van der Waals surface area contributed by atoms with Crippen LogP contribution in [0.25, 0.3) is 0 Å². The molecule has 0 aliphatic carbocycles. The van der Waals surface area contributed by atoms with Crippen LogP contribution >= 0.6 is 0 Å². The SMILES string of the molecule is C1CC(CCOCCC2CCNCC2)CCN1. The molecule has 0 amide bonds. The van der Waals surface area contributed by atoms with Gasteiger partial charge >= 0.3 is 0 Å².